The second kappa shape index (κ2) is 3.64. The second-order valence-electron chi connectivity index (χ2n) is 4.21. The molecule has 0 radical (unpaired) electrons. The van der Waals surface area contributed by atoms with E-state index in [1.807, 2.05) is 13.8 Å². The predicted molar refractivity (Wildman–Crippen MR) is 48.2 cm³/mol. The van der Waals surface area contributed by atoms with E-state index in [2.05, 4.69) is 0 Å². The summed E-state index contributed by atoms with van der Waals surface area (Å²) in [7, 11) is 1.50. The molecule has 1 heterocycles. The van der Waals surface area contributed by atoms with Crippen molar-refractivity contribution in [3.8, 4) is 0 Å². The van der Waals surface area contributed by atoms with Gasteiger partial charge in [0.05, 0.1) is 6.10 Å². The van der Waals surface area contributed by atoms with Crippen molar-refractivity contribution >= 4 is 5.91 Å². The van der Waals surface area contributed by atoms with Gasteiger partial charge in [-0.05, 0) is 0 Å². The highest BCUT2D eigenvalue weighted by Gasteiger charge is 2.39. The molecule has 0 bridgehead atoms. The van der Waals surface area contributed by atoms with E-state index in [-0.39, 0.29) is 17.9 Å². The van der Waals surface area contributed by atoms with E-state index in [9.17, 15) is 9.90 Å². The highest BCUT2D eigenvalue weighted by atomic mass is 16.5. The smallest absolute Gasteiger partial charge is 0.248 e. The Kier molecular flexibility index (Phi) is 2.93. The van der Waals surface area contributed by atoms with Gasteiger partial charge in [-0.2, -0.15) is 0 Å². The molecule has 4 heteroatoms. The minimum Gasteiger partial charge on any atom is -0.391 e. The number of ether oxygens (including phenoxy) is 1. The van der Waals surface area contributed by atoms with Gasteiger partial charge in [0.15, 0.2) is 0 Å². The Morgan fingerprint density at radius 1 is 1.69 bits per heavy atom. The van der Waals surface area contributed by atoms with E-state index >= 15 is 0 Å². The van der Waals surface area contributed by atoms with E-state index in [1.165, 1.54) is 7.11 Å². The third kappa shape index (κ3) is 2.19. The Morgan fingerprint density at radius 3 is 2.69 bits per heavy atom. The van der Waals surface area contributed by atoms with Crippen molar-refractivity contribution < 1.29 is 14.6 Å². The molecule has 13 heavy (non-hydrogen) atoms. The van der Waals surface area contributed by atoms with Crippen LogP contribution in [0.3, 0.4) is 0 Å². The molecule has 1 aliphatic heterocycles. The molecule has 0 saturated carbocycles. The first-order valence-corrected chi connectivity index (χ1v) is 4.42. The molecule has 1 aliphatic rings. The Labute approximate surface area is 78.5 Å². The fourth-order valence-corrected chi connectivity index (χ4v) is 1.52. The molecule has 0 aliphatic carbocycles. The van der Waals surface area contributed by atoms with E-state index in [1.54, 1.807) is 4.90 Å². The zero-order valence-corrected chi connectivity index (χ0v) is 8.41. The number of aliphatic hydroxyl groups is 1. The lowest BCUT2D eigenvalue weighted by molar-refractivity contribution is -0.134. The summed E-state index contributed by atoms with van der Waals surface area (Å²) in [5.41, 5.74) is -0.191. The van der Waals surface area contributed by atoms with Gasteiger partial charge in [0.1, 0.15) is 6.61 Å². The van der Waals surface area contributed by atoms with Crippen LogP contribution in [-0.2, 0) is 9.53 Å². The van der Waals surface area contributed by atoms with Crippen LogP contribution in [0.25, 0.3) is 0 Å². The lowest BCUT2D eigenvalue weighted by Crippen LogP contribution is -2.32. The Balaban J connectivity index is 2.53. The number of likely N-dealkylation sites (tertiary alicyclic amines) is 1. The van der Waals surface area contributed by atoms with Crippen molar-refractivity contribution in [2.24, 2.45) is 5.41 Å². The summed E-state index contributed by atoms with van der Waals surface area (Å²) in [5, 5.41) is 9.61. The first-order chi connectivity index (χ1) is 5.97. The molecule has 1 atom stereocenters. The van der Waals surface area contributed by atoms with Gasteiger partial charge in [-0.1, -0.05) is 13.8 Å². The molecule has 4 nitrogen and oxygen atoms in total. The zero-order valence-electron chi connectivity index (χ0n) is 8.41. The minimum absolute atomic E-state index is 0.0490. The van der Waals surface area contributed by atoms with Gasteiger partial charge in [-0.15, -0.1) is 0 Å². The summed E-state index contributed by atoms with van der Waals surface area (Å²) in [6.07, 6.45) is -0.423. The van der Waals surface area contributed by atoms with Crippen LogP contribution in [-0.4, -0.2) is 48.8 Å². The van der Waals surface area contributed by atoms with Crippen LogP contribution in [0.5, 0.6) is 0 Å². The largest absolute Gasteiger partial charge is 0.391 e. The molecule has 0 aromatic rings. The van der Waals surface area contributed by atoms with Crippen molar-refractivity contribution in [1.29, 1.82) is 0 Å². The topological polar surface area (TPSA) is 49.8 Å². The molecule has 1 saturated heterocycles. The second-order valence-corrected chi connectivity index (χ2v) is 4.21. The Morgan fingerprint density at radius 2 is 2.31 bits per heavy atom. The Hall–Kier alpha value is -0.610. The summed E-state index contributed by atoms with van der Waals surface area (Å²) in [6.45, 7) is 5.05. The summed E-state index contributed by atoms with van der Waals surface area (Å²) in [4.78, 5) is 13.0. The number of hydrogen-bond acceptors (Lipinski definition) is 3. The fraction of sp³-hybridized carbons (Fsp3) is 0.889. The molecule has 1 rings (SSSR count). The van der Waals surface area contributed by atoms with Crippen LogP contribution in [0.4, 0.5) is 0 Å². The molecule has 1 fully saturated rings. The highest BCUT2D eigenvalue weighted by molar-refractivity contribution is 5.77. The van der Waals surface area contributed by atoms with E-state index in [0.29, 0.717) is 13.1 Å². The molecule has 0 spiro atoms. The van der Waals surface area contributed by atoms with Crippen LogP contribution in [0, 0.1) is 5.41 Å². The summed E-state index contributed by atoms with van der Waals surface area (Å²) >= 11 is 0. The van der Waals surface area contributed by atoms with E-state index < -0.39 is 6.10 Å². The third-order valence-electron chi connectivity index (χ3n) is 2.51. The molecule has 0 aromatic carbocycles. The number of rotatable bonds is 2. The number of amides is 1. The van der Waals surface area contributed by atoms with E-state index in [0.717, 1.165) is 0 Å². The monoisotopic (exact) mass is 187 g/mol. The van der Waals surface area contributed by atoms with Gasteiger partial charge in [0.2, 0.25) is 5.91 Å². The predicted octanol–water partition coefficient (Wildman–Crippen LogP) is -0.138. The SMILES string of the molecule is COCC(=O)N1CC(O)C(C)(C)C1. The van der Waals surface area contributed by atoms with Crippen LogP contribution in [0.1, 0.15) is 13.8 Å². The number of aliphatic hydroxyl groups excluding tert-OH is 1. The van der Waals surface area contributed by atoms with Crippen molar-refractivity contribution in [3.05, 3.63) is 0 Å². The maximum absolute atomic E-state index is 11.4. The van der Waals surface area contributed by atoms with Crippen molar-refractivity contribution in [1.82, 2.24) is 4.90 Å². The lowest BCUT2D eigenvalue weighted by atomic mass is 9.90. The average molecular weight is 187 g/mol. The number of β-amino-alcohol motifs (C(OH)–C–C–N with tert-alkyl or cyclic N) is 1. The number of hydrogen-bond donors (Lipinski definition) is 1. The molecule has 1 N–H and O–H groups in total. The quantitative estimate of drug-likeness (QED) is 0.654. The lowest BCUT2D eigenvalue weighted by Gasteiger charge is -2.20. The molecule has 1 amide bonds. The van der Waals surface area contributed by atoms with Crippen LogP contribution in [0.2, 0.25) is 0 Å². The number of carbonyl (C=O) groups excluding carboxylic acids is 1. The van der Waals surface area contributed by atoms with Crippen LogP contribution in [0.15, 0.2) is 0 Å². The summed E-state index contributed by atoms with van der Waals surface area (Å²) < 4.78 is 4.75. The van der Waals surface area contributed by atoms with Gasteiger partial charge in [-0.3, -0.25) is 4.79 Å². The first kappa shape index (κ1) is 10.5. The minimum atomic E-state index is -0.423. The number of carbonyl (C=O) groups is 1. The standard InChI is InChI=1S/C9H17NO3/c1-9(2)6-10(4-7(9)11)8(12)5-13-3/h7,11H,4-6H2,1-3H3. The summed E-state index contributed by atoms with van der Waals surface area (Å²) in [6, 6.07) is 0. The molecule has 1 unspecified atom stereocenters. The fourth-order valence-electron chi connectivity index (χ4n) is 1.52. The number of methoxy groups -OCH3 is 1. The third-order valence-corrected chi connectivity index (χ3v) is 2.51. The summed E-state index contributed by atoms with van der Waals surface area (Å²) in [5.74, 6) is -0.0490. The maximum atomic E-state index is 11.4. The average Bonchev–Trinajstić information content (AvgIpc) is 2.27. The van der Waals surface area contributed by atoms with Gasteiger partial charge in [-0.25, -0.2) is 0 Å². The first-order valence-electron chi connectivity index (χ1n) is 4.42. The van der Waals surface area contributed by atoms with Crippen molar-refractivity contribution in [2.75, 3.05) is 26.8 Å². The van der Waals surface area contributed by atoms with Gasteiger partial charge < -0.3 is 14.7 Å². The van der Waals surface area contributed by atoms with Gasteiger partial charge in [0.25, 0.3) is 0 Å². The van der Waals surface area contributed by atoms with Crippen LogP contribution >= 0.6 is 0 Å². The Bertz CT molecular complexity index is 203. The van der Waals surface area contributed by atoms with Crippen LogP contribution < -0.4 is 0 Å². The zero-order chi connectivity index (χ0) is 10.1. The van der Waals surface area contributed by atoms with E-state index in [4.69, 9.17) is 4.74 Å². The highest BCUT2D eigenvalue weighted by Crippen LogP contribution is 2.29. The van der Waals surface area contributed by atoms with Crippen molar-refractivity contribution in [2.45, 2.75) is 20.0 Å². The molecule has 0 aromatic heterocycles. The molecular weight excluding hydrogens is 170 g/mol. The van der Waals surface area contributed by atoms with Gasteiger partial charge >= 0.3 is 0 Å². The normalized spacial score (nSPS) is 26.5. The maximum Gasteiger partial charge on any atom is 0.248 e. The molecular formula is C9H17NO3. The van der Waals surface area contributed by atoms with Crippen molar-refractivity contribution in [3.63, 3.8) is 0 Å². The van der Waals surface area contributed by atoms with Gasteiger partial charge in [0, 0.05) is 25.6 Å². The number of nitrogens with zero attached hydrogens (tertiary/aromatic N) is 1. The molecule has 76 valence electrons.